The van der Waals surface area contributed by atoms with Crippen LogP contribution in [-0.2, 0) is 23.4 Å². The van der Waals surface area contributed by atoms with Crippen molar-refractivity contribution in [1.29, 1.82) is 0 Å². The molecule has 0 bridgehead atoms. The molecule has 4 atom stereocenters. The minimum Gasteiger partial charge on any atom is -0.462 e. The van der Waals surface area contributed by atoms with Crippen LogP contribution in [0.5, 0.6) is 0 Å². The lowest BCUT2D eigenvalue weighted by Crippen LogP contribution is -2.33. The molecule has 2 rings (SSSR count). The van der Waals surface area contributed by atoms with Gasteiger partial charge in [-0.2, -0.15) is 0 Å². The van der Waals surface area contributed by atoms with E-state index in [1.165, 1.54) is 0 Å². The first-order valence-corrected chi connectivity index (χ1v) is 9.26. The maximum absolute atomic E-state index is 11.9. The Bertz CT molecular complexity index is 555. The van der Waals surface area contributed by atoms with E-state index < -0.39 is 20.2 Å². The summed E-state index contributed by atoms with van der Waals surface area (Å²) in [5, 5.41) is 2.60. The minimum atomic E-state index is -2.16. The standard InChI is InChI=1S/C16H24N2O5P/c1-11(2)22-16(19)12(3)18-24(20)21-10-13-7-8-15(23-13)14-6-4-5-9-17-14/h4-6,9,11-13,15H,7-8,10H2,1-3H3,(H,18,20)/q+1/t12-,13+,15?/m1/s1. The van der Waals surface area contributed by atoms with Gasteiger partial charge < -0.3 is 9.47 Å². The summed E-state index contributed by atoms with van der Waals surface area (Å²) >= 11 is 0. The van der Waals surface area contributed by atoms with Crippen LogP contribution in [0.15, 0.2) is 24.4 Å². The first kappa shape index (κ1) is 18.9. The van der Waals surface area contributed by atoms with Crippen LogP contribution >= 0.6 is 8.18 Å². The molecule has 1 aromatic heterocycles. The Morgan fingerprint density at radius 1 is 1.42 bits per heavy atom. The third-order valence-corrected chi connectivity index (χ3v) is 4.49. The van der Waals surface area contributed by atoms with Gasteiger partial charge in [-0.3, -0.25) is 9.78 Å². The molecule has 0 amide bonds. The zero-order chi connectivity index (χ0) is 17.5. The number of nitrogens with one attached hydrogen (secondary N) is 1. The number of hydrogen-bond donors (Lipinski definition) is 1. The highest BCUT2D eigenvalue weighted by Gasteiger charge is 2.32. The molecule has 1 fully saturated rings. The van der Waals surface area contributed by atoms with Crippen molar-refractivity contribution in [2.45, 2.75) is 58.0 Å². The second kappa shape index (κ2) is 9.18. The van der Waals surface area contributed by atoms with Gasteiger partial charge in [-0.25, -0.2) is 0 Å². The topological polar surface area (TPSA) is 86.8 Å². The normalized spacial score (nSPS) is 22.4. The average Bonchev–Trinajstić information content (AvgIpc) is 3.02. The molecule has 1 aliphatic heterocycles. The smallest absolute Gasteiger partial charge is 0.462 e. The molecule has 1 aromatic rings. The van der Waals surface area contributed by atoms with Crippen LogP contribution in [0.4, 0.5) is 0 Å². The van der Waals surface area contributed by atoms with Crippen molar-refractivity contribution < 1.29 is 23.4 Å². The van der Waals surface area contributed by atoms with Gasteiger partial charge in [0.1, 0.15) is 12.6 Å². The molecule has 0 aliphatic carbocycles. The number of pyridine rings is 1. The Balaban J connectivity index is 1.70. The fourth-order valence-electron chi connectivity index (χ4n) is 2.35. The van der Waals surface area contributed by atoms with Gasteiger partial charge in [-0.05, 0) is 50.3 Å². The number of hydrogen-bond acceptors (Lipinski definition) is 6. The molecule has 1 saturated heterocycles. The van der Waals surface area contributed by atoms with Crippen LogP contribution in [0.25, 0.3) is 0 Å². The zero-order valence-corrected chi connectivity index (χ0v) is 15.1. The van der Waals surface area contributed by atoms with Crippen LogP contribution in [0.2, 0.25) is 0 Å². The van der Waals surface area contributed by atoms with E-state index in [1.807, 2.05) is 18.2 Å². The molecule has 0 radical (unpaired) electrons. The fraction of sp³-hybridized carbons (Fsp3) is 0.625. The Morgan fingerprint density at radius 3 is 2.88 bits per heavy atom. The first-order chi connectivity index (χ1) is 11.5. The molecule has 2 unspecified atom stereocenters. The van der Waals surface area contributed by atoms with Crippen LogP contribution in [0.1, 0.15) is 45.4 Å². The summed E-state index contributed by atoms with van der Waals surface area (Å²) in [5.41, 5.74) is 0.896. The third-order valence-electron chi connectivity index (χ3n) is 3.51. The maximum atomic E-state index is 11.9. The van der Waals surface area contributed by atoms with Gasteiger partial charge >= 0.3 is 14.1 Å². The van der Waals surface area contributed by atoms with Gasteiger partial charge in [-0.1, -0.05) is 11.2 Å². The quantitative estimate of drug-likeness (QED) is 0.567. The molecule has 1 N–H and O–H groups in total. The Kier molecular flexibility index (Phi) is 7.24. The number of aromatic nitrogens is 1. The fourth-order valence-corrected chi connectivity index (χ4v) is 3.14. The van der Waals surface area contributed by atoms with Crippen LogP contribution < -0.4 is 5.09 Å². The highest BCUT2D eigenvalue weighted by molar-refractivity contribution is 7.36. The van der Waals surface area contributed by atoms with E-state index in [0.717, 1.165) is 18.5 Å². The molecular formula is C16H24N2O5P+. The second-order valence-electron chi connectivity index (χ2n) is 5.97. The molecule has 1 aliphatic rings. The molecule has 8 heteroatoms. The van der Waals surface area contributed by atoms with Gasteiger partial charge in [0.15, 0.2) is 0 Å². The molecule has 132 valence electrons. The van der Waals surface area contributed by atoms with E-state index in [4.69, 9.17) is 14.0 Å². The van der Waals surface area contributed by atoms with Crippen LogP contribution in [0, 0.1) is 0 Å². The zero-order valence-electron chi connectivity index (χ0n) is 14.2. The number of rotatable bonds is 8. The van der Waals surface area contributed by atoms with Gasteiger partial charge in [0, 0.05) is 6.20 Å². The maximum Gasteiger partial charge on any atom is 0.613 e. The molecule has 7 nitrogen and oxygen atoms in total. The molecule has 2 heterocycles. The monoisotopic (exact) mass is 355 g/mol. The minimum absolute atomic E-state index is 0.0504. The Morgan fingerprint density at radius 2 is 2.21 bits per heavy atom. The van der Waals surface area contributed by atoms with Crippen molar-refractivity contribution in [2.24, 2.45) is 0 Å². The predicted octanol–water partition coefficient (Wildman–Crippen LogP) is 2.91. The second-order valence-corrected chi connectivity index (χ2v) is 7.00. The van der Waals surface area contributed by atoms with Gasteiger partial charge in [0.2, 0.25) is 0 Å². The van der Waals surface area contributed by atoms with E-state index in [9.17, 15) is 9.36 Å². The highest BCUT2D eigenvalue weighted by atomic mass is 31.1. The van der Waals surface area contributed by atoms with Crippen molar-refractivity contribution in [3.63, 3.8) is 0 Å². The summed E-state index contributed by atoms with van der Waals surface area (Å²) in [5.74, 6) is -0.454. The van der Waals surface area contributed by atoms with Crippen molar-refractivity contribution in [3.05, 3.63) is 30.1 Å². The van der Waals surface area contributed by atoms with Crippen molar-refractivity contribution >= 4 is 14.1 Å². The summed E-state index contributed by atoms with van der Waals surface area (Å²) in [6.07, 6.45) is 3.01. The van der Waals surface area contributed by atoms with Gasteiger partial charge in [0.25, 0.3) is 0 Å². The third kappa shape index (κ3) is 5.91. The van der Waals surface area contributed by atoms with E-state index in [2.05, 4.69) is 10.1 Å². The van der Waals surface area contributed by atoms with Crippen molar-refractivity contribution in [2.75, 3.05) is 6.61 Å². The molecule has 0 aromatic carbocycles. The summed E-state index contributed by atoms with van der Waals surface area (Å²) in [6.45, 7) is 5.31. The van der Waals surface area contributed by atoms with Gasteiger partial charge in [-0.15, -0.1) is 4.52 Å². The largest absolute Gasteiger partial charge is 0.613 e. The van der Waals surface area contributed by atoms with Crippen LogP contribution in [0.3, 0.4) is 0 Å². The predicted molar refractivity (Wildman–Crippen MR) is 88.5 cm³/mol. The van der Waals surface area contributed by atoms with E-state index in [1.54, 1.807) is 27.0 Å². The SMILES string of the molecule is CC(C)OC(=O)[C@@H](C)N[P+](=O)OC[C@@H]1CCC(c2ccccn2)O1. The van der Waals surface area contributed by atoms with Crippen molar-refractivity contribution in [3.8, 4) is 0 Å². The number of ether oxygens (including phenoxy) is 2. The van der Waals surface area contributed by atoms with E-state index in [0.29, 0.717) is 0 Å². The van der Waals surface area contributed by atoms with E-state index >= 15 is 0 Å². The Labute approximate surface area is 143 Å². The molecule has 0 spiro atoms. The first-order valence-electron chi connectivity index (χ1n) is 8.09. The van der Waals surface area contributed by atoms with Crippen molar-refractivity contribution in [1.82, 2.24) is 10.1 Å². The molecular weight excluding hydrogens is 331 g/mol. The lowest BCUT2D eigenvalue weighted by molar-refractivity contribution is -0.149. The highest BCUT2D eigenvalue weighted by Crippen LogP contribution is 2.32. The molecule has 0 saturated carbocycles. The number of esters is 1. The average molecular weight is 355 g/mol. The number of nitrogens with zero attached hydrogens (tertiary/aromatic N) is 1. The number of carbonyl (C=O) groups excluding carboxylic acids is 1. The van der Waals surface area contributed by atoms with Gasteiger partial charge in [0.05, 0.1) is 24.0 Å². The summed E-state index contributed by atoms with van der Waals surface area (Å²) in [6, 6.07) is 5.02. The summed E-state index contributed by atoms with van der Waals surface area (Å²) < 4.78 is 28.1. The lowest BCUT2D eigenvalue weighted by atomic mass is 10.1. The summed E-state index contributed by atoms with van der Waals surface area (Å²) in [4.78, 5) is 15.9. The number of carbonyl (C=O) groups is 1. The van der Waals surface area contributed by atoms with Crippen LogP contribution in [-0.4, -0.2) is 35.8 Å². The molecule has 24 heavy (non-hydrogen) atoms. The summed E-state index contributed by atoms with van der Waals surface area (Å²) in [7, 11) is -2.16. The van der Waals surface area contributed by atoms with E-state index in [-0.39, 0.29) is 24.9 Å². The Hall–Kier alpha value is -1.40. The lowest BCUT2D eigenvalue weighted by Gasteiger charge is -2.12.